The van der Waals surface area contributed by atoms with Gasteiger partial charge in [0.25, 0.3) is 5.91 Å². The number of aryl methyl sites for hydroxylation is 1. The van der Waals surface area contributed by atoms with Crippen molar-refractivity contribution < 1.29 is 19.4 Å². The fourth-order valence-corrected chi connectivity index (χ4v) is 3.47. The van der Waals surface area contributed by atoms with Crippen LogP contribution in [0.3, 0.4) is 0 Å². The zero-order valence-corrected chi connectivity index (χ0v) is 14.5. The number of rotatable bonds is 5. The molecule has 1 aliphatic carbocycles. The standard InChI is InChI=1S/C20H23NO4/c1-24-17-11-5-9-15(18(17)25-2)19(22)21-13-20(23)12-6-8-14-7-3-4-10-16(14)20/h3-5,7,9-11,23H,6,8,12-13H2,1-2H3,(H,21,22)/t20-/m1/s1. The van der Waals surface area contributed by atoms with Gasteiger partial charge in [-0.15, -0.1) is 0 Å². The monoisotopic (exact) mass is 341 g/mol. The van der Waals surface area contributed by atoms with Gasteiger partial charge in [0, 0.05) is 0 Å². The summed E-state index contributed by atoms with van der Waals surface area (Å²) in [7, 11) is 3.03. The second-order valence-electron chi connectivity index (χ2n) is 6.27. The number of benzene rings is 2. The average molecular weight is 341 g/mol. The highest BCUT2D eigenvalue weighted by Crippen LogP contribution is 2.35. The van der Waals surface area contributed by atoms with Crippen molar-refractivity contribution in [3.8, 4) is 11.5 Å². The summed E-state index contributed by atoms with van der Waals surface area (Å²) < 4.78 is 10.5. The van der Waals surface area contributed by atoms with Crippen LogP contribution in [0.15, 0.2) is 42.5 Å². The SMILES string of the molecule is COc1cccc(C(=O)NC[C@]2(O)CCCc3ccccc32)c1OC. The maximum Gasteiger partial charge on any atom is 0.255 e. The number of para-hydroxylation sites is 1. The maximum absolute atomic E-state index is 12.6. The summed E-state index contributed by atoms with van der Waals surface area (Å²) in [5.41, 5.74) is 1.38. The Hall–Kier alpha value is -2.53. The lowest BCUT2D eigenvalue weighted by molar-refractivity contribution is 0.0189. The summed E-state index contributed by atoms with van der Waals surface area (Å²) in [6.45, 7) is 0.156. The molecule has 0 saturated heterocycles. The molecule has 5 nitrogen and oxygen atoms in total. The van der Waals surface area contributed by atoms with Crippen molar-refractivity contribution in [1.82, 2.24) is 5.32 Å². The van der Waals surface area contributed by atoms with Gasteiger partial charge in [-0.2, -0.15) is 0 Å². The van der Waals surface area contributed by atoms with E-state index in [9.17, 15) is 9.90 Å². The Morgan fingerprint density at radius 3 is 2.72 bits per heavy atom. The Morgan fingerprint density at radius 1 is 1.16 bits per heavy atom. The normalized spacial score (nSPS) is 19.0. The van der Waals surface area contributed by atoms with Gasteiger partial charge in [0.15, 0.2) is 11.5 Å². The van der Waals surface area contributed by atoms with Crippen LogP contribution in [0.1, 0.15) is 34.3 Å². The second-order valence-corrected chi connectivity index (χ2v) is 6.27. The first kappa shape index (κ1) is 17.3. The number of carbonyl (C=O) groups excluding carboxylic acids is 1. The van der Waals surface area contributed by atoms with E-state index in [-0.39, 0.29) is 12.5 Å². The van der Waals surface area contributed by atoms with E-state index in [1.54, 1.807) is 18.2 Å². The molecular weight excluding hydrogens is 318 g/mol. The van der Waals surface area contributed by atoms with Crippen molar-refractivity contribution in [3.63, 3.8) is 0 Å². The molecule has 0 unspecified atom stereocenters. The number of hydrogen-bond donors (Lipinski definition) is 2. The summed E-state index contributed by atoms with van der Waals surface area (Å²) in [6, 6.07) is 13.0. The summed E-state index contributed by atoms with van der Waals surface area (Å²) in [6.07, 6.45) is 2.47. The van der Waals surface area contributed by atoms with Gasteiger partial charge in [-0.3, -0.25) is 4.79 Å². The van der Waals surface area contributed by atoms with E-state index in [0.717, 1.165) is 24.0 Å². The quantitative estimate of drug-likeness (QED) is 0.877. The molecule has 0 heterocycles. The second kappa shape index (κ2) is 7.15. The lowest BCUT2D eigenvalue weighted by atomic mass is 9.79. The van der Waals surface area contributed by atoms with Crippen molar-refractivity contribution in [2.75, 3.05) is 20.8 Å². The number of carbonyl (C=O) groups is 1. The average Bonchev–Trinajstić information content (AvgIpc) is 2.66. The van der Waals surface area contributed by atoms with Crippen LogP contribution in [-0.2, 0) is 12.0 Å². The summed E-state index contributed by atoms with van der Waals surface area (Å²) in [5.74, 6) is 0.586. The van der Waals surface area contributed by atoms with Gasteiger partial charge in [0.1, 0.15) is 5.60 Å². The molecule has 0 spiro atoms. The van der Waals surface area contributed by atoms with Gasteiger partial charge in [0.2, 0.25) is 0 Å². The van der Waals surface area contributed by atoms with E-state index in [2.05, 4.69) is 5.32 Å². The first-order valence-corrected chi connectivity index (χ1v) is 8.39. The van der Waals surface area contributed by atoms with Gasteiger partial charge in [-0.25, -0.2) is 0 Å². The molecule has 2 N–H and O–H groups in total. The first-order chi connectivity index (χ1) is 12.1. The summed E-state index contributed by atoms with van der Waals surface area (Å²) >= 11 is 0. The van der Waals surface area contributed by atoms with E-state index in [0.29, 0.717) is 23.5 Å². The Morgan fingerprint density at radius 2 is 1.96 bits per heavy atom. The predicted octanol–water partition coefficient (Wildman–Crippen LogP) is 2.66. The van der Waals surface area contributed by atoms with E-state index in [4.69, 9.17) is 9.47 Å². The van der Waals surface area contributed by atoms with Crippen molar-refractivity contribution in [3.05, 3.63) is 59.2 Å². The highest BCUT2D eigenvalue weighted by atomic mass is 16.5. The van der Waals surface area contributed by atoms with Crippen LogP contribution in [0.2, 0.25) is 0 Å². The smallest absolute Gasteiger partial charge is 0.255 e. The lowest BCUT2D eigenvalue weighted by Gasteiger charge is -2.34. The Bertz CT molecular complexity index is 774. The van der Waals surface area contributed by atoms with Gasteiger partial charge in [-0.05, 0) is 42.5 Å². The lowest BCUT2D eigenvalue weighted by Crippen LogP contribution is -2.43. The van der Waals surface area contributed by atoms with Gasteiger partial charge in [-0.1, -0.05) is 30.3 Å². The number of nitrogens with one attached hydrogen (secondary N) is 1. The zero-order chi connectivity index (χ0) is 17.9. The molecule has 2 aromatic carbocycles. The van der Waals surface area contributed by atoms with Crippen LogP contribution in [0, 0.1) is 0 Å². The highest BCUT2D eigenvalue weighted by Gasteiger charge is 2.34. The predicted molar refractivity (Wildman–Crippen MR) is 95.2 cm³/mol. The number of methoxy groups -OCH3 is 2. The van der Waals surface area contributed by atoms with Crippen LogP contribution < -0.4 is 14.8 Å². The van der Waals surface area contributed by atoms with Crippen molar-refractivity contribution in [1.29, 1.82) is 0 Å². The molecule has 2 aromatic rings. The third kappa shape index (κ3) is 3.33. The molecule has 1 amide bonds. The number of amides is 1. The van der Waals surface area contributed by atoms with Crippen molar-refractivity contribution in [2.45, 2.75) is 24.9 Å². The van der Waals surface area contributed by atoms with Crippen LogP contribution in [0.4, 0.5) is 0 Å². The minimum Gasteiger partial charge on any atom is -0.493 e. The maximum atomic E-state index is 12.6. The molecule has 1 aliphatic rings. The molecule has 0 fully saturated rings. The minimum absolute atomic E-state index is 0.156. The fourth-order valence-electron chi connectivity index (χ4n) is 3.47. The Labute approximate surface area is 147 Å². The van der Waals surface area contributed by atoms with E-state index >= 15 is 0 Å². The first-order valence-electron chi connectivity index (χ1n) is 8.39. The van der Waals surface area contributed by atoms with E-state index in [1.165, 1.54) is 14.2 Å². The van der Waals surface area contributed by atoms with Crippen molar-refractivity contribution >= 4 is 5.91 Å². The molecule has 25 heavy (non-hydrogen) atoms. The van der Waals surface area contributed by atoms with Gasteiger partial charge in [0.05, 0.1) is 26.3 Å². The fraction of sp³-hybridized carbons (Fsp3) is 0.350. The summed E-state index contributed by atoms with van der Waals surface area (Å²) in [4.78, 5) is 12.6. The molecular formula is C20H23NO4. The van der Waals surface area contributed by atoms with Crippen molar-refractivity contribution in [2.24, 2.45) is 0 Å². The number of aliphatic hydroxyl groups is 1. The summed E-state index contributed by atoms with van der Waals surface area (Å²) in [5, 5.41) is 13.9. The highest BCUT2D eigenvalue weighted by molar-refractivity contribution is 5.97. The number of hydrogen-bond acceptors (Lipinski definition) is 4. The van der Waals surface area contributed by atoms with Gasteiger partial charge < -0.3 is 19.9 Å². The molecule has 0 saturated carbocycles. The largest absolute Gasteiger partial charge is 0.493 e. The molecule has 5 heteroatoms. The van der Waals surface area contributed by atoms with Crippen LogP contribution in [0.5, 0.6) is 11.5 Å². The van der Waals surface area contributed by atoms with Crippen LogP contribution in [-0.4, -0.2) is 31.8 Å². The zero-order valence-electron chi connectivity index (χ0n) is 14.5. The Kier molecular flexibility index (Phi) is 4.95. The van der Waals surface area contributed by atoms with E-state index < -0.39 is 5.60 Å². The molecule has 3 rings (SSSR count). The topological polar surface area (TPSA) is 67.8 Å². The molecule has 0 bridgehead atoms. The molecule has 132 valence electrons. The van der Waals surface area contributed by atoms with Crippen LogP contribution >= 0.6 is 0 Å². The molecule has 1 atom stereocenters. The number of fused-ring (bicyclic) bond motifs is 1. The molecule has 0 aromatic heterocycles. The third-order valence-corrected chi connectivity index (χ3v) is 4.74. The third-order valence-electron chi connectivity index (χ3n) is 4.74. The van der Waals surface area contributed by atoms with Gasteiger partial charge >= 0.3 is 0 Å². The van der Waals surface area contributed by atoms with Crippen LogP contribution in [0.25, 0.3) is 0 Å². The molecule has 0 aliphatic heterocycles. The van der Waals surface area contributed by atoms with E-state index in [1.807, 2.05) is 24.3 Å². The number of ether oxygens (including phenoxy) is 2. The molecule has 0 radical (unpaired) electrons. The minimum atomic E-state index is -1.05. The Balaban J connectivity index is 1.80.